The molecule has 3 aromatic rings. The molecule has 144 valence electrons. The van der Waals surface area contributed by atoms with Crippen LogP contribution in [-0.4, -0.2) is 23.0 Å². The van der Waals surface area contributed by atoms with Gasteiger partial charge in [0.25, 0.3) is 0 Å². The van der Waals surface area contributed by atoms with Gasteiger partial charge in [0.15, 0.2) is 0 Å². The average molecular weight is 584 g/mol. The summed E-state index contributed by atoms with van der Waals surface area (Å²) in [5.41, 5.74) is 4.02. The van der Waals surface area contributed by atoms with E-state index in [1.165, 1.54) is 16.7 Å². The molecule has 2 radical (unpaired) electrons. The van der Waals surface area contributed by atoms with Crippen LogP contribution in [0.2, 0.25) is 0 Å². The molecular formula is C19H21Cl6Sb. The van der Waals surface area contributed by atoms with Gasteiger partial charge in [-0.2, -0.15) is 0 Å². The number of rotatable bonds is 3. The summed E-state index contributed by atoms with van der Waals surface area (Å²) in [6.45, 7) is 0. The van der Waals surface area contributed by atoms with Crippen molar-refractivity contribution in [3.05, 3.63) is 108 Å². The Bertz CT molecular complexity index is 584. The summed E-state index contributed by atoms with van der Waals surface area (Å²) in [6, 6.07) is 32.3. The van der Waals surface area contributed by atoms with Gasteiger partial charge >= 0.3 is 134 Å². The molecule has 0 N–H and O–H groups in total. The van der Waals surface area contributed by atoms with Crippen molar-refractivity contribution in [2.24, 2.45) is 0 Å². The van der Waals surface area contributed by atoms with Crippen LogP contribution in [0.3, 0.4) is 0 Å². The molecule has 0 aliphatic heterocycles. The Hall–Kier alpha value is 0.218. The molecule has 0 aliphatic carbocycles. The summed E-state index contributed by atoms with van der Waals surface area (Å²) in [7, 11) is 0. The zero-order chi connectivity index (χ0) is 13.8. The minimum absolute atomic E-state index is 0. The molecule has 0 fully saturated rings. The van der Waals surface area contributed by atoms with Crippen LogP contribution in [0.1, 0.15) is 16.7 Å². The Kier molecular flexibility index (Phi) is 21.0. The van der Waals surface area contributed by atoms with Crippen LogP contribution >= 0.6 is 74.4 Å². The second kappa shape index (κ2) is 16.2. The predicted octanol–water partition coefficient (Wildman–Crippen LogP) is 6.68. The molecule has 0 amide bonds. The molecule has 0 atom stereocenters. The van der Waals surface area contributed by atoms with E-state index in [1.54, 1.807) is 0 Å². The number of benzene rings is 3. The predicted molar refractivity (Wildman–Crippen MR) is 128 cm³/mol. The zero-order valence-electron chi connectivity index (χ0n) is 13.6. The average Bonchev–Trinajstić information content (AvgIpc) is 2.56. The van der Waals surface area contributed by atoms with Gasteiger partial charge in [0.1, 0.15) is 0 Å². The molecular weight excluding hydrogens is 563 g/mol. The normalized spacial score (nSPS) is 8.65. The topological polar surface area (TPSA) is 0 Å². The van der Waals surface area contributed by atoms with Gasteiger partial charge < -0.3 is 0 Å². The van der Waals surface area contributed by atoms with Gasteiger partial charge in [-0.25, -0.2) is 0 Å². The molecule has 26 heavy (non-hydrogen) atoms. The first kappa shape index (κ1) is 33.8. The minimum atomic E-state index is -0.0713. The van der Waals surface area contributed by atoms with Crippen LogP contribution in [0.5, 0.6) is 0 Å². The van der Waals surface area contributed by atoms with Crippen LogP contribution in [0.25, 0.3) is 0 Å². The second-order valence-corrected chi connectivity index (χ2v) is 6.72. The van der Waals surface area contributed by atoms with Crippen molar-refractivity contribution >= 4 is 97.5 Å². The van der Waals surface area contributed by atoms with Gasteiger partial charge in [0.2, 0.25) is 0 Å². The maximum absolute atomic E-state index is 2.22. The second-order valence-electron chi connectivity index (χ2n) is 4.81. The molecule has 3 aromatic carbocycles. The molecule has 0 nitrogen and oxygen atoms in total. The van der Waals surface area contributed by atoms with Crippen molar-refractivity contribution in [1.29, 1.82) is 0 Å². The summed E-state index contributed by atoms with van der Waals surface area (Å²) in [6.07, 6.45) is 0. The third kappa shape index (κ3) is 7.32. The van der Waals surface area contributed by atoms with Crippen molar-refractivity contribution in [2.75, 3.05) is 0 Å². The van der Waals surface area contributed by atoms with Crippen LogP contribution in [0.15, 0.2) is 91.0 Å². The molecule has 0 heterocycles. The molecule has 0 bridgehead atoms. The first-order valence-electron chi connectivity index (χ1n) is 6.71. The quantitative estimate of drug-likeness (QED) is 0.239. The number of halogens is 6. The van der Waals surface area contributed by atoms with Crippen molar-refractivity contribution < 1.29 is 0 Å². The van der Waals surface area contributed by atoms with Crippen molar-refractivity contribution in [1.82, 2.24) is 0 Å². The Morgan fingerprint density at radius 1 is 0.385 bits per heavy atom. The fourth-order valence-electron chi connectivity index (χ4n) is 2.54. The van der Waals surface area contributed by atoms with Crippen LogP contribution in [0, 0.1) is 0 Å². The summed E-state index contributed by atoms with van der Waals surface area (Å²) >= 11 is 1.84. The SMILES string of the molecule is Cl.Cl.Cl.Cl.Cl.Cl.[Sb][C](c1ccccc1)(c1ccccc1)c1ccccc1. The van der Waals surface area contributed by atoms with E-state index in [0.29, 0.717) is 0 Å². The van der Waals surface area contributed by atoms with E-state index in [0.717, 1.165) is 0 Å². The standard InChI is InChI=1S/C19H15.6ClH.Sb/c1-4-10-16(11-5-1)19(17-12-6-2-7-13-17)18-14-8-3-9-15-18;;;;;;;/h1-15H;6*1H;. The van der Waals surface area contributed by atoms with E-state index < -0.39 is 0 Å². The van der Waals surface area contributed by atoms with Crippen LogP contribution in [0.4, 0.5) is 0 Å². The first-order chi connectivity index (χ1) is 9.82. The van der Waals surface area contributed by atoms with Crippen LogP contribution in [-0.2, 0) is 3.36 Å². The third-order valence-corrected chi connectivity index (χ3v) is 5.79. The van der Waals surface area contributed by atoms with E-state index in [-0.39, 0.29) is 77.8 Å². The number of hydrogen-bond donors (Lipinski definition) is 0. The van der Waals surface area contributed by atoms with Crippen molar-refractivity contribution in [3.63, 3.8) is 0 Å². The van der Waals surface area contributed by atoms with E-state index >= 15 is 0 Å². The van der Waals surface area contributed by atoms with Gasteiger partial charge in [-0.05, 0) is 0 Å². The summed E-state index contributed by atoms with van der Waals surface area (Å²) < 4.78 is -0.0713. The Balaban J connectivity index is -0.000000403. The molecule has 0 unspecified atom stereocenters. The molecule has 0 saturated carbocycles. The molecule has 0 aliphatic rings. The van der Waals surface area contributed by atoms with Crippen LogP contribution < -0.4 is 0 Å². The molecule has 7 heteroatoms. The van der Waals surface area contributed by atoms with E-state index in [1.807, 2.05) is 23.0 Å². The van der Waals surface area contributed by atoms with Gasteiger partial charge in [-0.3, -0.25) is 0 Å². The Morgan fingerprint density at radius 2 is 0.577 bits per heavy atom. The summed E-state index contributed by atoms with van der Waals surface area (Å²) in [5.74, 6) is 0. The van der Waals surface area contributed by atoms with Gasteiger partial charge in [-0.1, -0.05) is 0 Å². The zero-order valence-corrected chi connectivity index (χ0v) is 21.0. The molecule has 0 saturated heterocycles. The molecule has 3 rings (SSSR count). The van der Waals surface area contributed by atoms with E-state index in [9.17, 15) is 0 Å². The van der Waals surface area contributed by atoms with Gasteiger partial charge in [0, 0.05) is 0 Å². The Morgan fingerprint density at radius 3 is 0.769 bits per heavy atom. The maximum atomic E-state index is 2.22. The molecule has 0 aromatic heterocycles. The first-order valence-corrected chi connectivity index (χ1v) is 7.98. The van der Waals surface area contributed by atoms with Crippen molar-refractivity contribution in [3.8, 4) is 0 Å². The monoisotopic (exact) mass is 580 g/mol. The molecule has 0 spiro atoms. The summed E-state index contributed by atoms with van der Waals surface area (Å²) in [4.78, 5) is 0. The van der Waals surface area contributed by atoms with E-state index in [4.69, 9.17) is 0 Å². The third-order valence-electron chi connectivity index (χ3n) is 3.57. The summed E-state index contributed by atoms with van der Waals surface area (Å²) in [5, 5.41) is 0. The number of hydrogen-bond acceptors (Lipinski definition) is 0. The fraction of sp³-hybridized carbons (Fsp3) is 0.0526. The van der Waals surface area contributed by atoms with Gasteiger partial charge in [0.05, 0.1) is 0 Å². The van der Waals surface area contributed by atoms with Crippen molar-refractivity contribution in [2.45, 2.75) is 3.36 Å². The van der Waals surface area contributed by atoms with E-state index in [2.05, 4.69) is 91.0 Å². The fourth-order valence-corrected chi connectivity index (χ4v) is 3.81. The van der Waals surface area contributed by atoms with Gasteiger partial charge in [-0.15, -0.1) is 74.4 Å². The Labute approximate surface area is 206 Å².